The Morgan fingerprint density at radius 1 is 1.27 bits per heavy atom. The average Bonchev–Trinajstić information content (AvgIpc) is 2.41. The van der Waals surface area contributed by atoms with Gasteiger partial charge in [0.1, 0.15) is 11.3 Å². The van der Waals surface area contributed by atoms with Crippen molar-refractivity contribution in [3.8, 4) is 0 Å². The van der Waals surface area contributed by atoms with Crippen LogP contribution >= 0.6 is 15.9 Å². The molecule has 2 aromatic rings. The SMILES string of the molecule is Cc1oc2cccc(C(F)(F)F)c2c1Br. The molecule has 0 fully saturated rings. The first kappa shape index (κ1) is 10.5. The van der Waals surface area contributed by atoms with Gasteiger partial charge in [-0.05, 0) is 35.0 Å². The van der Waals surface area contributed by atoms with Gasteiger partial charge in [-0.25, -0.2) is 0 Å². The maximum Gasteiger partial charge on any atom is 0.417 e. The van der Waals surface area contributed by atoms with E-state index in [1.165, 1.54) is 12.1 Å². The van der Waals surface area contributed by atoms with Crippen LogP contribution in [0.4, 0.5) is 13.2 Å². The molecule has 0 aliphatic carbocycles. The largest absolute Gasteiger partial charge is 0.460 e. The number of benzene rings is 1. The van der Waals surface area contributed by atoms with Crippen molar-refractivity contribution in [1.29, 1.82) is 0 Å². The number of hydrogen-bond donors (Lipinski definition) is 0. The molecule has 1 heterocycles. The van der Waals surface area contributed by atoms with Crippen molar-refractivity contribution in [2.75, 3.05) is 0 Å². The van der Waals surface area contributed by atoms with E-state index in [0.29, 0.717) is 10.2 Å². The normalized spacial score (nSPS) is 12.3. The van der Waals surface area contributed by atoms with Gasteiger partial charge in [0.25, 0.3) is 0 Å². The Bertz CT molecular complexity index is 513. The second-order valence-corrected chi connectivity index (χ2v) is 3.94. The Balaban J connectivity index is 2.86. The van der Waals surface area contributed by atoms with E-state index in [1.807, 2.05) is 0 Å². The molecule has 0 aliphatic rings. The van der Waals surface area contributed by atoms with Crippen LogP contribution in [0.5, 0.6) is 0 Å². The Labute approximate surface area is 92.0 Å². The molecule has 0 unspecified atom stereocenters. The minimum Gasteiger partial charge on any atom is -0.460 e. The zero-order chi connectivity index (χ0) is 11.2. The quantitative estimate of drug-likeness (QED) is 0.690. The number of halogens is 4. The number of hydrogen-bond acceptors (Lipinski definition) is 1. The molecule has 1 aromatic carbocycles. The van der Waals surface area contributed by atoms with Crippen molar-refractivity contribution in [3.05, 3.63) is 34.0 Å². The van der Waals surface area contributed by atoms with E-state index in [0.717, 1.165) is 6.07 Å². The fourth-order valence-corrected chi connectivity index (χ4v) is 1.95. The molecular weight excluding hydrogens is 273 g/mol. The Hall–Kier alpha value is -0.970. The van der Waals surface area contributed by atoms with Gasteiger partial charge in [0, 0.05) is 5.39 Å². The van der Waals surface area contributed by atoms with Crippen molar-refractivity contribution >= 4 is 26.9 Å². The predicted octanol–water partition coefficient (Wildman–Crippen LogP) is 4.52. The molecule has 0 N–H and O–H groups in total. The first-order valence-corrected chi connectivity index (χ1v) is 4.95. The minimum atomic E-state index is -4.36. The molecule has 0 saturated carbocycles. The summed E-state index contributed by atoms with van der Waals surface area (Å²) in [7, 11) is 0. The van der Waals surface area contributed by atoms with Crippen molar-refractivity contribution in [3.63, 3.8) is 0 Å². The monoisotopic (exact) mass is 278 g/mol. The van der Waals surface area contributed by atoms with E-state index in [9.17, 15) is 13.2 Å². The third-order valence-electron chi connectivity index (χ3n) is 2.12. The van der Waals surface area contributed by atoms with Crippen molar-refractivity contribution in [2.24, 2.45) is 0 Å². The zero-order valence-electron chi connectivity index (χ0n) is 7.65. The molecule has 2 rings (SSSR count). The molecule has 15 heavy (non-hydrogen) atoms. The Kier molecular flexibility index (Phi) is 2.30. The zero-order valence-corrected chi connectivity index (χ0v) is 9.24. The lowest BCUT2D eigenvalue weighted by atomic mass is 10.1. The van der Waals surface area contributed by atoms with Crippen LogP contribution in [-0.2, 0) is 6.18 Å². The summed E-state index contributed by atoms with van der Waals surface area (Å²) in [6, 6.07) is 3.89. The maximum absolute atomic E-state index is 12.6. The second-order valence-electron chi connectivity index (χ2n) is 3.15. The third kappa shape index (κ3) is 1.65. The molecule has 0 bridgehead atoms. The summed E-state index contributed by atoms with van der Waals surface area (Å²) in [4.78, 5) is 0. The molecule has 1 aromatic heterocycles. The first-order valence-electron chi connectivity index (χ1n) is 4.16. The molecule has 1 nitrogen and oxygen atoms in total. The van der Waals surface area contributed by atoms with E-state index < -0.39 is 11.7 Å². The van der Waals surface area contributed by atoms with Crippen LogP contribution in [0, 0.1) is 6.92 Å². The van der Waals surface area contributed by atoms with Gasteiger partial charge in [0.2, 0.25) is 0 Å². The standard InChI is InChI=1S/C10H6BrF3O/c1-5-9(11)8-6(10(12,13)14)3-2-4-7(8)15-5/h2-4H,1H3. The molecule has 80 valence electrons. The van der Waals surface area contributed by atoms with E-state index in [1.54, 1.807) is 6.92 Å². The number of alkyl halides is 3. The summed E-state index contributed by atoms with van der Waals surface area (Å²) in [5.74, 6) is 0.446. The van der Waals surface area contributed by atoms with Gasteiger partial charge in [-0.15, -0.1) is 0 Å². The first-order chi connectivity index (χ1) is 6.91. The Morgan fingerprint density at radius 2 is 1.93 bits per heavy atom. The highest BCUT2D eigenvalue weighted by Crippen LogP contribution is 2.40. The van der Waals surface area contributed by atoms with Gasteiger partial charge in [0.15, 0.2) is 0 Å². The summed E-state index contributed by atoms with van der Waals surface area (Å²) in [6.45, 7) is 1.62. The molecule has 0 amide bonds. The molecule has 0 aliphatic heterocycles. The van der Waals surface area contributed by atoms with Crippen molar-refractivity contribution < 1.29 is 17.6 Å². The van der Waals surface area contributed by atoms with Gasteiger partial charge >= 0.3 is 6.18 Å². The predicted molar refractivity (Wildman–Crippen MR) is 53.7 cm³/mol. The van der Waals surface area contributed by atoms with Crippen LogP contribution in [0.25, 0.3) is 11.0 Å². The average molecular weight is 279 g/mol. The number of aryl methyl sites for hydroxylation is 1. The molecule has 0 saturated heterocycles. The summed E-state index contributed by atoms with van der Waals surface area (Å²) in [5.41, 5.74) is -0.432. The number of furan rings is 1. The van der Waals surface area contributed by atoms with Gasteiger partial charge in [-0.2, -0.15) is 13.2 Å². The molecule has 5 heteroatoms. The van der Waals surface area contributed by atoms with E-state index in [4.69, 9.17) is 4.42 Å². The van der Waals surface area contributed by atoms with Crippen LogP contribution in [-0.4, -0.2) is 0 Å². The van der Waals surface area contributed by atoms with Crippen molar-refractivity contribution in [2.45, 2.75) is 13.1 Å². The topological polar surface area (TPSA) is 13.1 Å². The van der Waals surface area contributed by atoms with E-state index >= 15 is 0 Å². The highest BCUT2D eigenvalue weighted by molar-refractivity contribution is 9.10. The van der Waals surface area contributed by atoms with Crippen LogP contribution in [0.15, 0.2) is 27.1 Å². The maximum atomic E-state index is 12.6. The molecule has 0 spiro atoms. The van der Waals surface area contributed by atoms with Crippen LogP contribution in [0.1, 0.15) is 11.3 Å². The summed E-state index contributed by atoms with van der Waals surface area (Å²) < 4.78 is 43.5. The molecular formula is C10H6BrF3O. The lowest BCUT2D eigenvalue weighted by molar-refractivity contribution is -0.136. The number of rotatable bonds is 0. The summed E-state index contributed by atoms with van der Waals surface area (Å²) >= 11 is 3.10. The van der Waals surface area contributed by atoms with Crippen LogP contribution in [0.2, 0.25) is 0 Å². The highest BCUT2D eigenvalue weighted by Gasteiger charge is 2.34. The molecule has 0 atom stereocenters. The van der Waals surface area contributed by atoms with E-state index in [2.05, 4.69) is 15.9 Å². The summed E-state index contributed by atoms with van der Waals surface area (Å²) in [6.07, 6.45) is -4.36. The van der Waals surface area contributed by atoms with Gasteiger partial charge in [0.05, 0.1) is 10.0 Å². The minimum absolute atomic E-state index is 0.0856. The molecule has 0 radical (unpaired) electrons. The highest BCUT2D eigenvalue weighted by atomic mass is 79.9. The number of fused-ring (bicyclic) bond motifs is 1. The Morgan fingerprint density at radius 3 is 2.53 bits per heavy atom. The van der Waals surface area contributed by atoms with Gasteiger partial charge < -0.3 is 4.42 Å². The fourth-order valence-electron chi connectivity index (χ4n) is 1.46. The lowest BCUT2D eigenvalue weighted by Crippen LogP contribution is -2.04. The van der Waals surface area contributed by atoms with Crippen LogP contribution < -0.4 is 0 Å². The van der Waals surface area contributed by atoms with Crippen LogP contribution in [0.3, 0.4) is 0 Å². The third-order valence-corrected chi connectivity index (χ3v) is 3.08. The summed E-state index contributed by atoms with van der Waals surface area (Å²) in [5, 5.41) is 0.0856. The van der Waals surface area contributed by atoms with E-state index in [-0.39, 0.29) is 11.0 Å². The smallest absolute Gasteiger partial charge is 0.417 e. The van der Waals surface area contributed by atoms with Crippen molar-refractivity contribution in [1.82, 2.24) is 0 Å². The van der Waals surface area contributed by atoms with Gasteiger partial charge in [-0.1, -0.05) is 6.07 Å². The van der Waals surface area contributed by atoms with Gasteiger partial charge in [-0.3, -0.25) is 0 Å². The second kappa shape index (κ2) is 3.27. The fraction of sp³-hybridized carbons (Fsp3) is 0.200. The lowest BCUT2D eigenvalue weighted by Gasteiger charge is -2.07.